The lowest BCUT2D eigenvalue weighted by atomic mass is 10.2. The highest BCUT2D eigenvalue weighted by Gasteiger charge is 2.05. The number of hydrogen-bond acceptors (Lipinski definition) is 5. The summed E-state index contributed by atoms with van der Waals surface area (Å²) in [6, 6.07) is 12.7. The molecule has 1 amide bonds. The van der Waals surface area contributed by atoms with Crippen molar-refractivity contribution in [2.24, 2.45) is 5.10 Å². The maximum absolute atomic E-state index is 11.8. The summed E-state index contributed by atoms with van der Waals surface area (Å²) in [5.74, 6) is 1.55. The van der Waals surface area contributed by atoms with E-state index in [1.165, 1.54) is 6.21 Å². The van der Waals surface area contributed by atoms with Crippen molar-refractivity contribution in [3.63, 3.8) is 0 Å². The Balaban J connectivity index is 1.86. The minimum absolute atomic E-state index is 0.124. The lowest BCUT2D eigenvalue weighted by Gasteiger charge is -2.10. The first-order chi connectivity index (χ1) is 12.6. The zero-order valence-electron chi connectivity index (χ0n) is 14.7. The van der Waals surface area contributed by atoms with E-state index in [0.717, 1.165) is 16.5 Å². The van der Waals surface area contributed by atoms with E-state index in [1.54, 1.807) is 25.3 Å². The van der Waals surface area contributed by atoms with E-state index in [4.69, 9.17) is 14.2 Å². The summed E-state index contributed by atoms with van der Waals surface area (Å²) >= 11 is 3.34. The SMILES string of the molecule is CCCOc1ccc(/C=N/NC(=O)COc2cccc(Br)c2)cc1OC. The molecular weight excluding hydrogens is 400 g/mol. The van der Waals surface area contributed by atoms with Gasteiger partial charge in [-0.3, -0.25) is 4.79 Å². The Hall–Kier alpha value is -2.54. The fourth-order valence-electron chi connectivity index (χ4n) is 2.01. The molecule has 0 atom stereocenters. The fraction of sp³-hybridized carbons (Fsp3) is 0.263. The van der Waals surface area contributed by atoms with Crippen molar-refractivity contribution in [2.75, 3.05) is 20.3 Å². The van der Waals surface area contributed by atoms with Gasteiger partial charge in [-0.05, 0) is 48.4 Å². The topological polar surface area (TPSA) is 69.2 Å². The first kappa shape index (κ1) is 19.8. The summed E-state index contributed by atoms with van der Waals surface area (Å²) < 4.78 is 17.2. The van der Waals surface area contributed by atoms with Crippen LogP contribution in [0.25, 0.3) is 0 Å². The third-order valence-electron chi connectivity index (χ3n) is 3.22. The van der Waals surface area contributed by atoms with Gasteiger partial charge >= 0.3 is 0 Å². The normalized spacial score (nSPS) is 10.6. The summed E-state index contributed by atoms with van der Waals surface area (Å²) in [7, 11) is 1.58. The first-order valence-electron chi connectivity index (χ1n) is 8.13. The van der Waals surface area contributed by atoms with E-state index in [-0.39, 0.29) is 12.5 Å². The number of halogens is 1. The minimum Gasteiger partial charge on any atom is -0.493 e. The van der Waals surface area contributed by atoms with Gasteiger partial charge < -0.3 is 14.2 Å². The van der Waals surface area contributed by atoms with Gasteiger partial charge in [0.1, 0.15) is 5.75 Å². The highest BCUT2D eigenvalue weighted by atomic mass is 79.9. The van der Waals surface area contributed by atoms with E-state index in [0.29, 0.717) is 23.9 Å². The number of rotatable bonds is 9. The van der Waals surface area contributed by atoms with Crippen LogP contribution in [0.1, 0.15) is 18.9 Å². The van der Waals surface area contributed by atoms with Crippen molar-refractivity contribution in [3.05, 3.63) is 52.5 Å². The van der Waals surface area contributed by atoms with Crippen molar-refractivity contribution in [1.82, 2.24) is 5.43 Å². The number of hydrazone groups is 1. The van der Waals surface area contributed by atoms with Crippen LogP contribution in [0.5, 0.6) is 17.2 Å². The number of methoxy groups -OCH3 is 1. The Morgan fingerprint density at radius 2 is 2.04 bits per heavy atom. The van der Waals surface area contributed by atoms with Crippen molar-refractivity contribution < 1.29 is 19.0 Å². The van der Waals surface area contributed by atoms with E-state index < -0.39 is 0 Å². The van der Waals surface area contributed by atoms with Crippen LogP contribution in [0.15, 0.2) is 52.0 Å². The molecule has 26 heavy (non-hydrogen) atoms. The highest BCUT2D eigenvalue weighted by Crippen LogP contribution is 2.27. The lowest BCUT2D eigenvalue weighted by Crippen LogP contribution is -2.24. The third kappa shape index (κ3) is 6.40. The van der Waals surface area contributed by atoms with Gasteiger partial charge in [0, 0.05) is 4.47 Å². The van der Waals surface area contributed by atoms with Crippen molar-refractivity contribution in [2.45, 2.75) is 13.3 Å². The van der Waals surface area contributed by atoms with Gasteiger partial charge in [0.2, 0.25) is 0 Å². The average Bonchev–Trinajstić information content (AvgIpc) is 2.65. The molecule has 0 aliphatic carbocycles. The fourth-order valence-corrected chi connectivity index (χ4v) is 2.39. The molecule has 1 N–H and O–H groups in total. The molecular formula is C19H21BrN2O4. The van der Waals surface area contributed by atoms with Gasteiger partial charge in [-0.2, -0.15) is 5.10 Å². The molecule has 0 bridgehead atoms. The molecule has 138 valence electrons. The largest absolute Gasteiger partial charge is 0.493 e. The second-order valence-electron chi connectivity index (χ2n) is 5.30. The minimum atomic E-state index is -0.351. The van der Waals surface area contributed by atoms with Gasteiger partial charge in [0.15, 0.2) is 18.1 Å². The van der Waals surface area contributed by atoms with E-state index >= 15 is 0 Å². The molecule has 0 radical (unpaired) electrons. The summed E-state index contributed by atoms with van der Waals surface area (Å²) in [4.78, 5) is 11.8. The van der Waals surface area contributed by atoms with E-state index in [1.807, 2.05) is 31.2 Å². The van der Waals surface area contributed by atoms with Gasteiger partial charge in [-0.15, -0.1) is 0 Å². The van der Waals surface area contributed by atoms with Gasteiger partial charge in [0.05, 0.1) is 19.9 Å². The second-order valence-corrected chi connectivity index (χ2v) is 6.21. The first-order valence-corrected chi connectivity index (χ1v) is 8.92. The highest BCUT2D eigenvalue weighted by molar-refractivity contribution is 9.10. The van der Waals surface area contributed by atoms with E-state index in [9.17, 15) is 4.79 Å². The molecule has 2 aromatic carbocycles. The number of hydrogen-bond donors (Lipinski definition) is 1. The monoisotopic (exact) mass is 420 g/mol. The molecule has 0 spiro atoms. The summed E-state index contributed by atoms with van der Waals surface area (Å²) in [5, 5.41) is 3.93. The van der Waals surface area contributed by atoms with Gasteiger partial charge in [0.25, 0.3) is 5.91 Å². The molecule has 0 aromatic heterocycles. The van der Waals surface area contributed by atoms with Crippen LogP contribution in [0.2, 0.25) is 0 Å². The Morgan fingerprint density at radius 3 is 2.77 bits per heavy atom. The molecule has 6 nitrogen and oxygen atoms in total. The Labute approximate surface area is 161 Å². The molecule has 0 unspecified atom stereocenters. The lowest BCUT2D eigenvalue weighted by molar-refractivity contribution is -0.123. The second kappa shape index (κ2) is 10.5. The maximum Gasteiger partial charge on any atom is 0.277 e. The van der Waals surface area contributed by atoms with Crippen LogP contribution in [0.3, 0.4) is 0 Å². The Morgan fingerprint density at radius 1 is 1.19 bits per heavy atom. The number of carbonyl (C=O) groups excluding carboxylic acids is 1. The maximum atomic E-state index is 11.8. The molecule has 2 rings (SSSR count). The zero-order valence-corrected chi connectivity index (χ0v) is 16.3. The molecule has 2 aromatic rings. The number of carbonyl (C=O) groups is 1. The number of nitrogens with zero attached hydrogens (tertiary/aromatic N) is 1. The molecule has 0 aliphatic rings. The van der Waals surface area contributed by atoms with Crippen molar-refractivity contribution >= 4 is 28.1 Å². The summed E-state index contributed by atoms with van der Waals surface area (Å²) in [6.07, 6.45) is 2.45. The van der Waals surface area contributed by atoms with Crippen molar-refractivity contribution in [3.8, 4) is 17.2 Å². The predicted octanol–water partition coefficient (Wildman–Crippen LogP) is 3.78. The molecule has 0 saturated heterocycles. The van der Waals surface area contributed by atoms with Crippen molar-refractivity contribution in [1.29, 1.82) is 0 Å². The van der Waals surface area contributed by atoms with Gasteiger partial charge in [-0.25, -0.2) is 5.43 Å². The summed E-state index contributed by atoms with van der Waals surface area (Å²) in [6.45, 7) is 2.54. The summed E-state index contributed by atoms with van der Waals surface area (Å²) in [5.41, 5.74) is 3.20. The third-order valence-corrected chi connectivity index (χ3v) is 3.71. The Bertz CT molecular complexity index is 765. The van der Waals surface area contributed by atoms with Gasteiger partial charge in [-0.1, -0.05) is 28.9 Å². The number of ether oxygens (including phenoxy) is 3. The van der Waals surface area contributed by atoms with Crippen LogP contribution in [-0.4, -0.2) is 32.4 Å². The van der Waals surface area contributed by atoms with Crippen LogP contribution in [-0.2, 0) is 4.79 Å². The molecule has 0 saturated carbocycles. The smallest absolute Gasteiger partial charge is 0.277 e. The number of amides is 1. The molecule has 7 heteroatoms. The van der Waals surface area contributed by atoms with Crippen LogP contribution >= 0.6 is 15.9 Å². The van der Waals surface area contributed by atoms with Crippen LogP contribution in [0, 0.1) is 0 Å². The predicted molar refractivity (Wildman–Crippen MR) is 104 cm³/mol. The molecule has 0 heterocycles. The number of benzene rings is 2. The van der Waals surface area contributed by atoms with Crippen LogP contribution in [0.4, 0.5) is 0 Å². The quantitative estimate of drug-likeness (QED) is 0.494. The standard InChI is InChI=1S/C19H21BrN2O4/c1-3-9-25-17-8-7-14(10-18(17)24-2)12-21-22-19(23)13-26-16-6-4-5-15(20)11-16/h4-8,10-12H,3,9,13H2,1-2H3,(H,22,23)/b21-12+. The molecule has 0 fully saturated rings. The average molecular weight is 421 g/mol. The Kier molecular flexibility index (Phi) is 7.95. The zero-order chi connectivity index (χ0) is 18.8. The number of nitrogens with one attached hydrogen (secondary N) is 1. The molecule has 0 aliphatic heterocycles. The van der Waals surface area contributed by atoms with Crippen LogP contribution < -0.4 is 19.6 Å². The van der Waals surface area contributed by atoms with E-state index in [2.05, 4.69) is 26.5 Å².